The van der Waals surface area contributed by atoms with E-state index in [0.717, 1.165) is 11.1 Å². The van der Waals surface area contributed by atoms with Crippen LogP contribution in [0.2, 0.25) is 0 Å². The Bertz CT molecular complexity index is 374. The van der Waals surface area contributed by atoms with Crippen molar-refractivity contribution in [1.82, 2.24) is 0 Å². The third kappa shape index (κ3) is 6.02. The summed E-state index contributed by atoms with van der Waals surface area (Å²) in [6, 6.07) is 0. The van der Waals surface area contributed by atoms with Gasteiger partial charge >= 0.3 is 11.9 Å². The molecule has 0 amide bonds. The van der Waals surface area contributed by atoms with Gasteiger partial charge in [0.25, 0.3) is 0 Å². The highest BCUT2D eigenvalue weighted by molar-refractivity contribution is 5.83. The van der Waals surface area contributed by atoms with Gasteiger partial charge in [0.2, 0.25) is 0 Å². The topological polar surface area (TPSA) is 61.8 Å². The predicted molar refractivity (Wildman–Crippen MR) is 74.1 cm³/mol. The van der Waals surface area contributed by atoms with Crippen LogP contribution in [0.15, 0.2) is 23.3 Å². The summed E-state index contributed by atoms with van der Waals surface area (Å²) in [6.07, 6.45) is 2.34. The molecular weight excluding hydrogens is 260 g/mol. The molecular formula is C15H22O5. The predicted octanol–water partition coefficient (Wildman–Crippen LogP) is 2.16. The van der Waals surface area contributed by atoms with E-state index in [9.17, 15) is 9.59 Å². The van der Waals surface area contributed by atoms with Gasteiger partial charge in [-0.05, 0) is 27.7 Å². The SMILES string of the molecule is CC(C)=CC(=O)OC1CCOCC1OC(=O)C=C(C)C. The molecule has 2 atom stereocenters. The van der Waals surface area contributed by atoms with Gasteiger partial charge in [-0.1, -0.05) is 11.1 Å². The van der Waals surface area contributed by atoms with E-state index >= 15 is 0 Å². The molecule has 5 heteroatoms. The molecule has 1 fully saturated rings. The number of esters is 2. The fourth-order valence-corrected chi connectivity index (χ4v) is 1.77. The first-order valence-corrected chi connectivity index (χ1v) is 6.67. The Kier molecular flexibility index (Phi) is 6.45. The van der Waals surface area contributed by atoms with Gasteiger partial charge in [-0.25, -0.2) is 9.59 Å². The van der Waals surface area contributed by atoms with E-state index in [2.05, 4.69) is 0 Å². The van der Waals surface area contributed by atoms with Gasteiger partial charge in [0.1, 0.15) is 6.10 Å². The minimum Gasteiger partial charge on any atom is -0.455 e. The van der Waals surface area contributed by atoms with Gasteiger partial charge in [0.15, 0.2) is 6.10 Å². The van der Waals surface area contributed by atoms with Crippen molar-refractivity contribution in [3.8, 4) is 0 Å². The van der Waals surface area contributed by atoms with E-state index in [1.807, 2.05) is 27.7 Å². The van der Waals surface area contributed by atoms with Crippen LogP contribution in [0.5, 0.6) is 0 Å². The van der Waals surface area contributed by atoms with Crippen LogP contribution in [0.1, 0.15) is 34.1 Å². The van der Waals surface area contributed by atoms with Crippen LogP contribution in [-0.4, -0.2) is 37.4 Å². The lowest BCUT2D eigenvalue weighted by Gasteiger charge is -2.30. The van der Waals surface area contributed by atoms with E-state index in [0.29, 0.717) is 13.0 Å². The average molecular weight is 282 g/mol. The average Bonchev–Trinajstić information content (AvgIpc) is 2.29. The molecule has 0 aromatic carbocycles. The van der Waals surface area contributed by atoms with Crippen LogP contribution < -0.4 is 0 Å². The maximum absolute atomic E-state index is 11.6. The van der Waals surface area contributed by atoms with E-state index in [1.54, 1.807) is 0 Å². The monoisotopic (exact) mass is 282 g/mol. The first-order valence-electron chi connectivity index (χ1n) is 6.67. The summed E-state index contributed by atoms with van der Waals surface area (Å²) in [6.45, 7) is 7.99. The van der Waals surface area contributed by atoms with Crippen molar-refractivity contribution >= 4 is 11.9 Å². The Balaban J connectivity index is 2.62. The van der Waals surface area contributed by atoms with Crippen molar-refractivity contribution < 1.29 is 23.8 Å². The van der Waals surface area contributed by atoms with Crippen LogP contribution in [0, 0.1) is 0 Å². The molecule has 1 heterocycles. The van der Waals surface area contributed by atoms with E-state index in [-0.39, 0.29) is 6.61 Å². The van der Waals surface area contributed by atoms with E-state index in [1.165, 1.54) is 12.2 Å². The molecule has 0 aromatic rings. The second kappa shape index (κ2) is 7.85. The summed E-state index contributed by atoms with van der Waals surface area (Å²) in [5.74, 6) is -0.857. The Labute approximate surface area is 119 Å². The van der Waals surface area contributed by atoms with Gasteiger partial charge in [-0.15, -0.1) is 0 Å². The summed E-state index contributed by atoms with van der Waals surface area (Å²) in [5, 5.41) is 0. The lowest BCUT2D eigenvalue weighted by molar-refractivity contribution is -0.175. The van der Waals surface area contributed by atoms with Crippen molar-refractivity contribution in [2.75, 3.05) is 13.2 Å². The molecule has 1 aliphatic rings. The largest absolute Gasteiger partial charge is 0.455 e. The fraction of sp³-hybridized carbons (Fsp3) is 0.600. The highest BCUT2D eigenvalue weighted by atomic mass is 16.6. The third-order valence-electron chi connectivity index (χ3n) is 2.59. The Morgan fingerprint density at radius 2 is 1.45 bits per heavy atom. The summed E-state index contributed by atoms with van der Waals surface area (Å²) in [7, 11) is 0. The smallest absolute Gasteiger partial charge is 0.331 e. The van der Waals surface area contributed by atoms with Gasteiger partial charge < -0.3 is 14.2 Å². The maximum atomic E-state index is 11.6. The van der Waals surface area contributed by atoms with Crippen LogP contribution >= 0.6 is 0 Å². The Morgan fingerprint density at radius 3 is 1.95 bits per heavy atom. The zero-order valence-electron chi connectivity index (χ0n) is 12.5. The minimum absolute atomic E-state index is 0.245. The molecule has 0 bridgehead atoms. The lowest BCUT2D eigenvalue weighted by atomic mass is 10.1. The van der Waals surface area contributed by atoms with Gasteiger partial charge in [0.05, 0.1) is 13.2 Å². The number of carbonyl (C=O) groups is 2. The third-order valence-corrected chi connectivity index (χ3v) is 2.59. The molecule has 0 aliphatic carbocycles. The zero-order valence-corrected chi connectivity index (χ0v) is 12.5. The van der Waals surface area contributed by atoms with Crippen molar-refractivity contribution in [2.24, 2.45) is 0 Å². The van der Waals surface area contributed by atoms with Gasteiger partial charge in [-0.2, -0.15) is 0 Å². The Hall–Kier alpha value is -1.62. The van der Waals surface area contributed by atoms with E-state index < -0.39 is 24.1 Å². The Morgan fingerprint density at radius 1 is 0.950 bits per heavy atom. The number of hydrogen-bond donors (Lipinski definition) is 0. The fourth-order valence-electron chi connectivity index (χ4n) is 1.77. The highest BCUT2D eigenvalue weighted by Gasteiger charge is 2.31. The molecule has 0 saturated carbocycles. The first-order chi connectivity index (χ1) is 9.38. The molecule has 0 N–H and O–H groups in total. The summed E-state index contributed by atoms with van der Waals surface area (Å²) < 4.78 is 15.9. The quantitative estimate of drug-likeness (QED) is 0.584. The second-order valence-corrected chi connectivity index (χ2v) is 5.26. The molecule has 2 unspecified atom stereocenters. The number of rotatable bonds is 4. The number of ether oxygens (including phenoxy) is 3. The molecule has 1 rings (SSSR count). The van der Waals surface area contributed by atoms with Crippen LogP contribution in [0.25, 0.3) is 0 Å². The van der Waals surface area contributed by atoms with Crippen molar-refractivity contribution in [3.05, 3.63) is 23.3 Å². The first kappa shape index (κ1) is 16.4. The normalized spacial score (nSPS) is 21.6. The maximum Gasteiger partial charge on any atom is 0.331 e. The minimum atomic E-state index is -0.554. The standard InChI is InChI=1S/C15H22O5/c1-10(2)7-14(16)19-12-5-6-18-9-13(12)20-15(17)8-11(3)4/h7-8,12-13H,5-6,9H2,1-4H3. The molecule has 20 heavy (non-hydrogen) atoms. The molecule has 0 radical (unpaired) electrons. The second-order valence-electron chi connectivity index (χ2n) is 5.26. The summed E-state index contributed by atoms with van der Waals surface area (Å²) in [4.78, 5) is 23.3. The molecule has 5 nitrogen and oxygen atoms in total. The summed E-state index contributed by atoms with van der Waals surface area (Å²) in [5.41, 5.74) is 1.71. The number of hydrogen-bond acceptors (Lipinski definition) is 5. The molecule has 1 aliphatic heterocycles. The highest BCUT2D eigenvalue weighted by Crippen LogP contribution is 2.16. The van der Waals surface area contributed by atoms with Crippen LogP contribution in [0.3, 0.4) is 0 Å². The van der Waals surface area contributed by atoms with E-state index in [4.69, 9.17) is 14.2 Å². The van der Waals surface area contributed by atoms with Crippen LogP contribution in [-0.2, 0) is 23.8 Å². The lowest BCUT2D eigenvalue weighted by Crippen LogP contribution is -2.42. The van der Waals surface area contributed by atoms with Crippen molar-refractivity contribution in [2.45, 2.75) is 46.3 Å². The molecule has 0 spiro atoms. The van der Waals surface area contributed by atoms with Crippen molar-refractivity contribution in [1.29, 1.82) is 0 Å². The number of carbonyl (C=O) groups excluding carboxylic acids is 2. The van der Waals surface area contributed by atoms with Crippen LogP contribution in [0.4, 0.5) is 0 Å². The summed E-state index contributed by atoms with van der Waals surface area (Å²) >= 11 is 0. The van der Waals surface area contributed by atoms with Crippen molar-refractivity contribution in [3.63, 3.8) is 0 Å². The number of allylic oxidation sites excluding steroid dienone is 2. The molecule has 112 valence electrons. The van der Waals surface area contributed by atoms with Gasteiger partial charge in [0, 0.05) is 18.6 Å². The zero-order chi connectivity index (χ0) is 15.1. The molecule has 0 aromatic heterocycles. The van der Waals surface area contributed by atoms with Gasteiger partial charge in [-0.3, -0.25) is 0 Å². The molecule has 1 saturated heterocycles.